The molecule has 82 valence electrons. The number of nitrogen functional groups attached to an aromatic ring is 1. The second kappa shape index (κ2) is 3.83. The van der Waals surface area contributed by atoms with E-state index in [4.69, 9.17) is 15.2 Å². The van der Waals surface area contributed by atoms with Gasteiger partial charge in [-0.25, -0.2) is 0 Å². The van der Waals surface area contributed by atoms with E-state index in [1.54, 1.807) is 14.2 Å². The van der Waals surface area contributed by atoms with Crippen LogP contribution >= 0.6 is 0 Å². The summed E-state index contributed by atoms with van der Waals surface area (Å²) in [4.78, 5) is 0. The lowest BCUT2D eigenvalue weighted by atomic mass is 9.74. The fourth-order valence-electron chi connectivity index (χ4n) is 2.11. The topological polar surface area (TPSA) is 44.5 Å². The van der Waals surface area contributed by atoms with Gasteiger partial charge in [-0.05, 0) is 23.6 Å². The molecule has 3 heteroatoms. The van der Waals surface area contributed by atoms with Crippen molar-refractivity contribution >= 4 is 5.69 Å². The molecule has 0 atom stereocenters. The highest BCUT2D eigenvalue weighted by molar-refractivity contribution is 5.40. The normalized spacial score (nSPS) is 19.9. The van der Waals surface area contributed by atoms with E-state index in [-0.39, 0.29) is 5.79 Å². The van der Waals surface area contributed by atoms with Crippen molar-refractivity contribution in [3.05, 3.63) is 29.8 Å². The van der Waals surface area contributed by atoms with E-state index in [0.29, 0.717) is 5.92 Å². The van der Waals surface area contributed by atoms with Gasteiger partial charge in [-0.1, -0.05) is 12.1 Å². The number of hydrogen-bond donors (Lipinski definition) is 1. The second-order valence-electron chi connectivity index (χ2n) is 4.09. The standard InChI is InChI=1S/C12H17NO2/c1-14-12(15-2)7-10(8-12)9-3-5-11(13)6-4-9/h3-6,10H,7-8,13H2,1-2H3. The molecule has 0 spiro atoms. The molecule has 1 aliphatic carbocycles. The Kier molecular flexibility index (Phi) is 2.67. The van der Waals surface area contributed by atoms with E-state index in [1.807, 2.05) is 12.1 Å². The van der Waals surface area contributed by atoms with Gasteiger partial charge in [-0.3, -0.25) is 0 Å². The Morgan fingerprint density at radius 1 is 1.13 bits per heavy atom. The van der Waals surface area contributed by atoms with E-state index in [1.165, 1.54) is 5.56 Å². The van der Waals surface area contributed by atoms with E-state index in [9.17, 15) is 0 Å². The van der Waals surface area contributed by atoms with Crippen LogP contribution in [0.1, 0.15) is 24.3 Å². The average Bonchev–Trinajstić information content (AvgIpc) is 2.20. The second-order valence-corrected chi connectivity index (χ2v) is 4.09. The maximum Gasteiger partial charge on any atom is 0.168 e. The van der Waals surface area contributed by atoms with Crippen LogP contribution in [0.15, 0.2) is 24.3 Å². The molecule has 1 fully saturated rings. The molecular formula is C12H17NO2. The summed E-state index contributed by atoms with van der Waals surface area (Å²) in [5.74, 6) is 0.178. The molecule has 0 aliphatic heterocycles. The number of nitrogens with two attached hydrogens (primary N) is 1. The summed E-state index contributed by atoms with van der Waals surface area (Å²) in [5.41, 5.74) is 7.76. The summed E-state index contributed by atoms with van der Waals surface area (Å²) >= 11 is 0. The maximum absolute atomic E-state index is 5.64. The molecule has 0 heterocycles. The summed E-state index contributed by atoms with van der Waals surface area (Å²) in [7, 11) is 3.39. The van der Waals surface area contributed by atoms with Crippen molar-refractivity contribution < 1.29 is 9.47 Å². The fourth-order valence-corrected chi connectivity index (χ4v) is 2.11. The molecule has 0 unspecified atom stereocenters. The molecule has 0 saturated heterocycles. The van der Waals surface area contributed by atoms with Crippen LogP contribution in [-0.4, -0.2) is 20.0 Å². The summed E-state index contributed by atoms with van der Waals surface area (Å²) in [6.45, 7) is 0. The van der Waals surface area contributed by atoms with Gasteiger partial charge in [0.2, 0.25) is 0 Å². The molecule has 2 rings (SSSR count). The first-order valence-electron chi connectivity index (χ1n) is 5.15. The lowest BCUT2D eigenvalue weighted by molar-refractivity contribution is -0.257. The number of hydrogen-bond acceptors (Lipinski definition) is 3. The molecule has 1 aromatic carbocycles. The van der Waals surface area contributed by atoms with Crippen LogP contribution in [0.25, 0.3) is 0 Å². The molecular weight excluding hydrogens is 190 g/mol. The fraction of sp³-hybridized carbons (Fsp3) is 0.500. The highest BCUT2D eigenvalue weighted by atomic mass is 16.7. The van der Waals surface area contributed by atoms with E-state index < -0.39 is 0 Å². The first-order chi connectivity index (χ1) is 7.19. The molecule has 0 radical (unpaired) electrons. The lowest BCUT2D eigenvalue weighted by Crippen LogP contribution is -2.45. The Bertz CT molecular complexity index is 322. The summed E-state index contributed by atoms with van der Waals surface area (Å²) in [6.07, 6.45) is 1.84. The Morgan fingerprint density at radius 2 is 1.67 bits per heavy atom. The van der Waals surface area contributed by atoms with Crippen LogP contribution in [0.2, 0.25) is 0 Å². The number of anilines is 1. The zero-order valence-corrected chi connectivity index (χ0v) is 9.19. The van der Waals surface area contributed by atoms with Crippen molar-refractivity contribution in [3.63, 3.8) is 0 Å². The molecule has 0 aromatic heterocycles. The average molecular weight is 207 g/mol. The van der Waals surface area contributed by atoms with Gasteiger partial charge in [0.05, 0.1) is 0 Å². The van der Waals surface area contributed by atoms with Crippen LogP contribution in [0.5, 0.6) is 0 Å². The number of benzene rings is 1. The third-order valence-corrected chi connectivity index (χ3v) is 3.27. The van der Waals surface area contributed by atoms with Crippen molar-refractivity contribution in [2.45, 2.75) is 24.5 Å². The van der Waals surface area contributed by atoms with Crippen molar-refractivity contribution in [1.82, 2.24) is 0 Å². The highest BCUT2D eigenvalue weighted by Crippen LogP contribution is 2.47. The first-order valence-corrected chi connectivity index (χ1v) is 5.15. The van der Waals surface area contributed by atoms with Gasteiger partial charge in [0, 0.05) is 32.7 Å². The van der Waals surface area contributed by atoms with Crippen LogP contribution in [0.3, 0.4) is 0 Å². The van der Waals surface area contributed by atoms with Crippen LogP contribution in [0, 0.1) is 0 Å². The number of ether oxygens (including phenoxy) is 2. The van der Waals surface area contributed by atoms with Crippen molar-refractivity contribution in [3.8, 4) is 0 Å². The SMILES string of the molecule is COC1(OC)CC(c2ccc(N)cc2)C1. The van der Waals surface area contributed by atoms with Crippen molar-refractivity contribution in [1.29, 1.82) is 0 Å². The third-order valence-electron chi connectivity index (χ3n) is 3.27. The smallest absolute Gasteiger partial charge is 0.168 e. The van der Waals surface area contributed by atoms with Gasteiger partial charge < -0.3 is 15.2 Å². The van der Waals surface area contributed by atoms with Gasteiger partial charge in [0.1, 0.15) is 0 Å². The molecule has 1 aromatic rings. The predicted octanol–water partition coefficient (Wildman–Crippen LogP) is 2.14. The van der Waals surface area contributed by atoms with E-state index in [2.05, 4.69) is 12.1 Å². The minimum atomic E-state index is -0.355. The quantitative estimate of drug-likeness (QED) is 0.610. The third kappa shape index (κ3) is 1.85. The summed E-state index contributed by atoms with van der Waals surface area (Å²) in [6, 6.07) is 8.04. The van der Waals surface area contributed by atoms with Gasteiger partial charge in [-0.15, -0.1) is 0 Å². The van der Waals surface area contributed by atoms with E-state index >= 15 is 0 Å². The van der Waals surface area contributed by atoms with Crippen molar-refractivity contribution in [2.24, 2.45) is 0 Å². The summed E-state index contributed by atoms with van der Waals surface area (Å²) < 4.78 is 10.7. The monoisotopic (exact) mass is 207 g/mol. The van der Waals surface area contributed by atoms with E-state index in [0.717, 1.165) is 18.5 Å². The number of methoxy groups -OCH3 is 2. The minimum Gasteiger partial charge on any atom is -0.399 e. The predicted molar refractivity (Wildman–Crippen MR) is 59.6 cm³/mol. The first kappa shape index (κ1) is 10.5. The molecule has 1 saturated carbocycles. The Hall–Kier alpha value is -1.06. The zero-order chi connectivity index (χ0) is 10.9. The Balaban J connectivity index is 2.02. The van der Waals surface area contributed by atoms with Crippen LogP contribution in [0.4, 0.5) is 5.69 Å². The highest BCUT2D eigenvalue weighted by Gasteiger charge is 2.45. The van der Waals surface area contributed by atoms with Crippen molar-refractivity contribution in [2.75, 3.05) is 20.0 Å². The Morgan fingerprint density at radius 3 is 2.13 bits per heavy atom. The number of rotatable bonds is 3. The van der Waals surface area contributed by atoms with Crippen LogP contribution < -0.4 is 5.73 Å². The molecule has 3 nitrogen and oxygen atoms in total. The van der Waals surface area contributed by atoms with Crippen LogP contribution in [-0.2, 0) is 9.47 Å². The largest absolute Gasteiger partial charge is 0.399 e. The molecule has 0 amide bonds. The molecule has 2 N–H and O–H groups in total. The molecule has 15 heavy (non-hydrogen) atoms. The van der Waals surface area contributed by atoms with Gasteiger partial charge in [-0.2, -0.15) is 0 Å². The Labute approximate surface area is 90.2 Å². The lowest BCUT2D eigenvalue weighted by Gasteiger charge is -2.45. The molecule has 0 bridgehead atoms. The van der Waals surface area contributed by atoms with Gasteiger partial charge in [0.15, 0.2) is 5.79 Å². The van der Waals surface area contributed by atoms with Gasteiger partial charge in [0.25, 0.3) is 0 Å². The minimum absolute atomic E-state index is 0.355. The summed E-state index contributed by atoms with van der Waals surface area (Å²) in [5, 5.41) is 0. The maximum atomic E-state index is 5.64. The zero-order valence-electron chi connectivity index (χ0n) is 9.19. The molecule has 1 aliphatic rings. The van der Waals surface area contributed by atoms with Gasteiger partial charge >= 0.3 is 0 Å².